The van der Waals surface area contributed by atoms with Crippen LogP contribution in [0.4, 0.5) is 11.4 Å². The van der Waals surface area contributed by atoms with Crippen LogP contribution in [0.15, 0.2) is 84.0 Å². The highest BCUT2D eigenvalue weighted by molar-refractivity contribution is 6.14. The molecule has 0 aliphatic carbocycles. The minimum atomic E-state index is 0.841. The molecule has 1 N–H and O–H groups in total. The van der Waals surface area contributed by atoms with Crippen molar-refractivity contribution in [2.75, 3.05) is 32.5 Å². The molecule has 160 valence electrons. The van der Waals surface area contributed by atoms with Gasteiger partial charge in [0.1, 0.15) is 0 Å². The Labute approximate surface area is 189 Å². The largest absolute Gasteiger partial charge is 0.384 e. The average molecular weight is 421 g/mol. The quantitative estimate of drug-likeness (QED) is 0.376. The monoisotopic (exact) mass is 420 g/mol. The first kappa shape index (κ1) is 20.4. The molecule has 5 rings (SSSR count). The lowest BCUT2D eigenvalue weighted by molar-refractivity contribution is 0.405. The smallest absolute Gasteiger partial charge is 0.0723 e. The number of nitrogens with one attached hydrogen (secondary N) is 1. The Hall–Kier alpha value is -3.50. The summed E-state index contributed by atoms with van der Waals surface area (Å²) in [6, 6.07) is 25.5. The molecule has 0 radical (unpaired) electrons. The van der Waals surface area contributed by atoms with Crippen molar-refractivity contribution in [3.63, 3.8) is 0 Å². The van der Waals surface area contributed by atoms with Crippen molar-refractivity contribution in [2.45, 2.75) is 12.8 Å². The van der Waals surface area contributed by atoms with Crippen LogP contribution in [0.1, 0.15) is 17.5 Å². The van der Waals surface area contributed by atoms with E-state index in [4.69, 9.17) is 9.98 Å². The second-order valence-corrected chi connectivity index (χ2v) is 8.59. The van der Waals surface area contributed by atoms with Crippen molar-refractivity contribution in [3.8, 4) is 11.1 Å². The summed E-state index contributed by atoms with van der Waals surface area (Å²) < 4.78 is 0. The molecule has 0 bridgehead atoms. The highest BCUT2D eigenvalue weighted by Gasteiger charge is 2.20. The van der Waals surface area contributed by atoms with Gasteiger partial charge in [0.2, 0.25) is 0 Å². The predicted octanol–water partition coefficient (Wildman–Crippen LogP) is 5.94. The zero-order valence-corrected chi connectivity index (χ0v) is 18.7. The van der Waals surface area contributed by atoms with Crippen LogP contribution >= 0.6 is 0 Å². The normalized spacial score (nSPS) is 12.8. The van der Waals surface area contributed by atoms with Crippen molar-refractivity contribution in [1.29, 1.82) is 0 Å². The number of para-hydroxylation sites is 1. The fraction of sp³-hybridized carbons (Fsp3) is 0.214. The van der Waals surface area contributed by atoms with Gasteiger partial charge < -0.3 is 10.2 Å². The van der Waals surface area contributed by atoms with E-state index in [0.29, 0.717) is 0 Å². The zero-order valence-electron chi connectivity index (χ0n) is 18.7. The molecule has 4 nitrogen and oxygen atoms in total. The van der Waals surface area contributed by atoms with Crippen LogP contribution in [0, 0.1) is 0 Å². The van der Waals surface area contributed by atoms with Gasteiger partial charge in [0, 0.05) is 30.1 Å². The number of hydrogen-bond acceptors (Lipinski definition) is 4. The van der Waals surface area contributed by atoms with Crippen LogP contribution in [0.2, 0.25) is 0 Å². The summed E-state index contributed by atoms with van der Waals surface area (Å²) in [4.78, 5) is 12.0. The minimum absolute atomic E-state index is 0.841. The molecular formula is C28H28N4. The maximum Gasteiger partial charge on any atom is 0.0723 e. The van der Waals surface area contributed by atoms with Gasteiger partial charge in [-0.15, -0.1) is 0 Å². The number of nitrogens with zero attached hydrogens (tertiary/aromatic N) is 3. The maximum atomic E-state index is 4.95. The van der Waals surface area contributed by atoms with Gasteiger partial charge in [0.15, 0.2) is 0 Å². The molecule has 4 aromatic rings. The first-order chi connectivity index (χ1) is 15.7. The lowest BCUT2D eigenvalue weighted by Gasteiger charge is -2.17. The molecule has 2 heterocycles. The third kappa shape index (κ3) is 4.14. The van der Waals surface area contributed by atoms with E-state index in [9.17, 15) is 0 Å². The van der Waals surface area contributed by atoms with Gasteiger partial charge in [-0.25, -0.2) is 0 Å². The van der Waals surface area contributed by atoms with E-state index < -0.39 is 0 Å². The number of fused-ring (bicyclic) bond motifs is 2. The standard InChI is InChI=1S/C28H28N4/c1-32(2)16-8-15-29-28-23-17-21(20-9-4-3-5-10-20)13-14-26(23)30-19-24(28)27-18-22-11-6-7-12-25(22)31-27/h3-7,9-14,17,19H,8,15-16,18H2,1-2H3,(H,29,30). The summed E-state index contributed by atoms with van der Waals surface area (Å²) in [6.45, 7) is 1.95. The van der Waals surface area contributed by atoms with E-state index in [0.717, 1.165) is 59.5 Å². The van der Waals surface area contributed by atoms with Gasteiger partial charge in [-0.05, 0) is 62.0 Å². The van der Waals surface area contributed by atoms with E-state index in [1.165, 1.54) is 16.7 Å². The van der Waals surface area contributed by atoms with Crippen LogP contribution in [0.25, 0.3) is 22.0 Å². The van der Waals surface area contributed by atoms with Crippen LogP contribution < -0.4 is 5.32 Å². The van der Waals surface area contributed by atoms with Crippen molar-refractivity contribution < 1.29 is 0 Å². The maximum absolute atomic E-state index is 4.95. The Bertz CT molecular complexity index is 1280. The SMILES string of the molecule is CN(C)CCCNc1c(C2=Nc3ccccc3C2)cnc2ccc(-c3ccccc3)cc12. The molecule has 0 amide bonds. The van der Waals surface area contributed by atoms with Gasteiger partial charge in [-0.3, -0.25) is 9.98 Å². The van der Waals surface area contributed by atoms with Gasteiger partial charge in [-0.1, -0.05) is 54.6 Å². The topological polar surface area (TPSA) is 40.5 Å². The van der Waals surface area contributed by atoms with Gasteiger partial charge >= 0.3 is 0 Å². The van der Waals surface area contributed by atoms with Crippen molar-refractivity contribution in [1.82, 2.24) is 9.88 Å². The van der Waals surface area contributed by atoms with Crippen LogP contribution in [-0.4, -0.2) is 42.8 Å². The molecule has 0 saturated carbocycles. The number of aromatic nitrogens is 1. The number of pyridine rings is 1. The number of aliphatic imine (C=N–C) groups is 1. The average Bonchev–Trinajstić information content (AvgIpc) is 3.26. The highest BCUT2D eigenvalue weighted by atomic mass is 15.1. The van der Waals surface area contributed by atoms with E-state index in [-0.39, 0.29) is 0 Å². The summed E-state index contributed by atoms with van der Waals surface area (Å²) in [6.07, 6.45) is 3.90. The number of anilines is 1. The third-order valence-corrected chi connectivity index (χ3v) is 5.97. The second-order valence-electron chi connectivity index (χ2n) is 8.59. The van der Waals surface area contributed by atoms with Crippen molar-refractivity contribution in [3.05, 3.63) is 90.1 Å². The summed E-state index contributed by atoms with van der Waals surface area (Å²) in [7, 11) is 4.23. The Morgan fingerprint density at radius 1 is 0.906 bits per heavy atom. The Morgan fingerprint density at radius 2 is 1.72 bits per heavy atom. The molecule has 3 aromatic carbocycles. The summed E-state index contributed by atoms with van der Waals surface area (Å²) in [5.74, 6) is 0. The first-order valence-electron chi connectivity index (χ1n) is 11.2. The number of benzene rings is 3. The zero-order chi connectivity index (χ0) is 21.9. The summed E-state index contributed by atoms with van der Waals surface area (Å²) >= 11 is 0. The summed E-state index contributed by atoms with van der Waals surface area (Å²) in [5, 5.41) is 4.89. The first-order valence-corrected chi connectivity index (χ1v) is 11.2. The fourth-order valence-corrected chi connectivity index (χ4v) is 4.31. The van der Waals surface area contributed by atoms with E-state index in [1.807, 2.05) is 6.20 Å². The van der Waals surface area contributed by atoms with Gasteiger partial charge in [0.25, 0.3) is 0 Å². The Balaban J connectivity index is 1.58. The van der Waals surface area contributed by atoms with Crippen molar-refractivity contribution >= 4 is 28.0 Å². The molecule has 32 heavy (non-hydrogen) atoms. The second kappa shape index (κ2) is 8.93. The van der Waals surface area contributed by atoms with Crippen LogP contribution in [-0.2, 0) is 6.42 Å². The van der Waals surface area contributed by atoms with E-state index in [1.54, 1.807) is 0 Å². The van der Waals surface area contributed by atoms with E-state index >= 15 is 0 Å². The van der Waals surface area contributed by atoms with Gasteiger partial charge in [0.05, 0.1) is 22.6 Å². The number of hydrogen-bond donors (Lipinski definition) is 1. The van der Waals surface area contributed by atoms with E-state index in [2.05, 4.69) is 97.1 Å². The molecule has 1 aliphatic heterocycles. The minimum Gasteiger partial charge on any atom is -0.384 e. The highest BCUT2D eigenvalue weighted by Crippen LogP contribution is 2.35. The Kier molecular flexibility index (Phi) is 5.70. The molecule has 0 saturated heterocycles. The lowest BCUT2D eigenvalue weighted by atomic mass is 9.98. The van der Waals surface area contributed by atoms with Crippen LogP contribution in [0.5, 0.6) is 0 Å². The fourth-order valence-electron chi connectivity index (χ4n) is 4.31. The van der Waals surface area contributed by atoms with Crippen molar-refractivity contribution in [2.24, 2.45) is 4.99 Å². The lowest BCUT2D eigenvalue weighted by Crippen LogP contribution is -2.17. The molecule has 1 aliphatic rings. The molecule has 4 heteroatoms. The third-order valence-electron chi connectivity index (χ3n) is 5.97. The predicted molar refractivity (Wildman–Crippen MR) is 135 cm³/mol. The molecule has 0 spiro atoms. The summed E-state index contributed by atoms with van der Waals surface area (Å²) in [5.41, 5.74) is 9.08. The number of rotatable bonds is 7. The molecule has 0 unspecified atom stereocenters. The molecule has 1 aromatic heterocycles. The molecule has 0 atom stereocenters. The molecule has 0 fully saturated rings. The Morgan fingerprint density at radius 3 is 2.53 bits per heavy atom. The van der Waals surface area contributed by atoms with Gasteiger partial charge in [-0.2, -0.15) is 0 Å². The molecular weight excluding hydrogens is 392 g/mol. The van der Waals surface area contributed by atoms with Crippen LogP contribution in [0.3, 0.4) is 0 Å².